The maximum Gasteiger partial charge on any atom is 0.250 e. The molecule has 1 amide bonds. The zero-order valence-electron chi connectivity index (χ0n) is 16.0. The molecule has 1 fully saturated rings. The van der Waals surface area contributed by atoms with E-state index in [0.717, 1.165) is 25.7 Å². The van der Waals surface area contributed by atoms with Gasteiger partial charge in [0.05, 0.1) is 11.2 Å². The molecule has 28 heavy (non-hydrogen) atoms. The number of furan rings is 1. The molecule has 1 saturated carbocycles. The standard InChI is InChI=1S/C21H26N2O4S/c1-23(21(24)15-12-19-9-6-16-27-19)18-10-13-20(14-11-18)28(25,26)22-17-7-4-2-3-5-8-17/h6,9-17,22H,2-5,7-8H2,1H3. The van der Waals surface area contributed by atoms with Crippen molar-refractivity contribution in [3.05, 3.63) is 54.5 Å². The number of likely N-dealkylation sites (N-methyl/N-ethyl adjacent to an activating group) is 1. The van der Waals surface area contributed by atoms with Crippen LogP contribution in [-0.2, 0) is 14.8 Å². The predicted molar refractivity (Wildman–Crippen MR) is 109 cm³/mol. The molecule has 1 aliphatic carbocycles. The van der Waals surface area contributed by atoms with Crippen molar-refractivity contribution in [3.8, 4) is 0 Å². The summed E-state index contributed by atoms with van der Waals surface area (Å²) in [6.45, 7) is 0. The molecule has 2 aromatic rings. The Labute approximate surface area is 166 Å². The lowest BCUT2D eigenvalue weighted by molar-refractivity contribution is -0.113. The van der Waals surface area contributed by atoms with Crippen molar-refractivity contribution in [2.75, 3.05) is 11.9 Å². The second kappa shape index (κ2) is 9.21. The van der Waals surface area contributed by atoms with Gasteiger partial charge in [0.25, 0.3) is 5.91 Å². The molecule has 0 aliphatic heterocycles. The summed E-state index contributed by atoms with van der Waals surface area (Å²) in [5.74, 6) is 0.358. The lowest BCUT2D eigenvalue weighted by atomic mass is 10.1. The van der Waals surface area contributed by atoms with Crippen LogP contribution in [0.3, 0.4) is 0 Å². The van der Waals surface area contributed by atoms with Gasteiger partial charge in [-0.3, -0.25) is 4.79 Å². The van der Waals surface area contributed by atoms with Crippen molar-refractivity contribution in [2.45, 2.75) is 49.5 Å². The number of sulfonamides is 1. The Morgan fingerprint density at radius 3 is 2.39 bits per heavy atom. The summed E-state index contributed by atoms with van der Waals surface area (Å²) < 4.78 is 33.3. The van der Waals surface area contributed by atoms with E-state index in [1.165, 1.54) is 42.2 Å². The van der Waals surface area contributed by atoms with E-state index in [0.29, 0.717) is 11.4 Å². The van der Waals surface area contributed by atoms with Gasteiger partial charge in [0.15, 0.2) is 0 Å². The normalized spacial score (nSPS) is 16.2. The number of benzene rings is 1. The van der Waals surface area contributed by atoms with Crippen LogP contribution in [0.25, 0.3) is 6.08 Å². The van der Waals surface area contributed by atoms with E-state index >= 15 is 0 Å². The van der Waals surface area contributed by atoms with Crippen molar-refractivity contribution in [1.82, 2.24) is 4.72 Å². The van der Waals surface area contributed by atoms with Crippen molar-refractivity contribution < 1.29 is 17.6 Å². The van der Waals surface area contributed by atoms with Crippen LogP contribution in [0.2, 0.25) is 0 Å². The van der Waals surface area contributed by atoms with Crippen molar-refractivity contribution >= 4 is 27.7 Å². The van der Waals surface area contributed by atoms with E-state index in [1.54, 1.807) is 37.4 Å². The second-order valence-electron chi connectivity index (χ2n) is 7.05. The first kappa shape index (κ1) is 20.4. The van der Waals surface area contributed by atoms with E-state index < -0.39 is 10.0 Å². The van der Waals surface area contributed by atoms with Gasteiger partial charge in [-0.1, -0.05) is 25.7 Å². The number of nitrogens with zero attached hydrogens (tertiary/aromatic N) is 1. The van der Waals surface area contributed by atoms with Crippen LogP contribution in [0.15, 0.2) is 58.1 Å². The first-order valence-electron chi connectivity index (χ1n) is 9.57. The molecule has 3 rings (SSSR count). The smallest absolute Gasteiger partial charge is 0.250 e. The molecule has 1 aromatic heterocycles. The number of rotatable bonds is 6. The van der Waals surface area contributed by atoms with Crippen molar-refractivity contribution in [2.24, 2.45) is 0 Å². The van der Waals surface area contributed by atoms with E-state index in [4.69, 9.17) is 4.42 Å². The van der Waals surface area contributed by atoms with Crippen LogP contribution >= 0.6 is 0 Å². The zero-order chi connectivity index (χ0) is 20.0. The minimum atomic E-state index is -3.56. The number of hydrogen-bond donors (Lipinski definition) is 1. The van der Waals surface area contributed by atoms with Gasteiger partial charge in [-0.25, -0.2) is 13.1 Å². The molecule has 6 nitrogen and oxygen atoms in total. The number of carbonyl (C=O) groups is 1. The molecule has 150 valence electrons. The molecule has 1 heterocycles. The van der Waals surface area contributed by atoms with Crippen LogP contribution in [-0.4, -0.2) is 27.4 Å². The summed E-state index contributed by atoms with van der Waals surface area (Å²) in [6.07, 6.45) is 10.8. The lowest BCUT2D eigenvalue weighted by Gasteiger charge is -2.18. The third-order valence-electron chi connectivity index (χ3n) is 4.98. The Morgan fingerprint density at radius 2 is 1.79 bits per heavy atom. The number of nitrogens with one attached hydrogen (secondary N) is 1. The van der Waals surface area contributed by atoms with E-state index in [9.17, 15) is 13.2 Å². The fourth-order valence-electron chi connectivity index (χ4n) is 3.31. The Morgan fingerprint density at radius 1 is 1.11 bits per heavy atom. The maximum absolute atomic E-state index is 12.6. The molecule has 1 N–H and O–H groups in total. The van der Waals surface area contributed by atoms with Gasteiger partial charge in [-0.15, -0.1) is 0 Å². The van der Waals surface area contributed by atoms with Gasteiger partial charge in [0.2, 0.25) is 10.0 Å². The summed E-state index contributed by atoms with van der Waals surface area (Å²) in [4.78, 5) is 14.0. The van der Waals surface area contributed by atoms with Gasteiger partial charge in [-0.2, -0.15) is 0 Å². The zero-order valence-corrected chi connectivity index (χ0v) is 16.8. The summed E-state index contributed by atoms with van der Waals surface area (Å²) >= 11 is 0. The molecule has 0 saturated heterocycles. The van der Waals surface area contributed by atoms with Gasteiger partial charge in [0, 0.05) is 24.9 Å². The molecule has 7 heteroatoms. The molecule has 1 aromatic carbocycles. The molecule has 0 radical (unpaired) electrons. The van der Waals surface area contributed by atoms with E-state index in [1.807, 2.05) is 0 Å². The fourth-order valence-corrected chi connectivity index (χ4v) is 4.62. The Kier molecular flexibility index (Phi) is 6.70. The van der Waals surface area contributed by atoms with Crippen molar-refractivity contribution in [1.29, 1.82) is 0 Å². The summed E-state index contributed by atoms with van der Waals surface area (Å²) in [6, 6.07) is 9.85. The average Bonchev–Trinajstić information content (AvgIpc) is 3.09. The van der Waals surface area contributed by atoms with Crippen LogP contribution in [0, 0.1) is 0 Å². The van der Waals surface area contributed by atoms with Crippen LogP contribution in [0.1, 0.15) is 44.3 Å². The highest BCUT2D eigenvalue weighted by Gasteiger charge is 2.21. The first-order valence-corrected chi connectivity index (χ1v) is 11.1. The fraction of sp³-hybridized carbons (Fsp3) is 0.381. The quantitative estimate of drug-likeness (QED) is 0.586. The molecule has 0 bridgehead atoms. The lowest BCUT2D eigenvalue weighted by Crippen LogP contribution is -2.34. The van der Waals surface area contributed by atoms with Gasteiger partial charge in [0.1, 0.15) is 5.76 Å². The second-order valence-corrected chi connectivity index (χ2v) is 8.76. The van der Waals surface area contributed by atoms with Gasteiger partial charge < -0.3 is 9.32 Å². The Balaban J connectivity index is 1.65. The molecule has 0 unspecified atom stereocenters. The summed E-state index contributed by atoms with van der Waals surface area (Å²) in [5.41, 5.74) is 0.613. The highest BCUT2D eigenvalue weighted by molar-refractivity contribution is 7.89. The van der Waals surface area contributed by atoms with Crippen LogP contribution in [0.5, 0.6) is 0 Å². The minimum Gasteiger partial charge on any atom is -0.465 e. The monoisotopic (exact) mass is 402 g/mol. The highest BCUT2D eigenvalue weighted by atomic mass is 32.2. The molecule has 1 aliphatic rings. The third-order valence-corrected chi connectivity index (χ3v) is 6.51. The maximum atomic E-state index is 12.6. The SMILES string of the molecule is CN(C(=O)C=Cc1ccco1)c1ccc(S(=O)(=O)NC2CCCCCC2)cc1. The highest BCUT2D eigenvalue weighted by Crippen LogP contribution is 2.21. The summed E-state index contributed by atoms with van der Waals surface area (Å²) in [7, 11) is -1.92. The van der Waals surface area contributed by atoms with Crippen LogP contribution in [0.4, 0.5) is 5.69 Å². The van der Waals surface area contributed by atoms with E-state index in [-0.39, 0.29) is 16.8 Å². The van der Waals surface area contributed by atoms with Gasteiger partial charge >= 0.3 is 0 Å². The largest absolute Gasteiger partial charge is 0.465 e. The molecular formula is C21H26N2O4S. The molecular weight excluding hydrogens is 376 g/mol. The minimum absolute atomic E-state index is 0.00293. The number of hydrogen-bond acceptors (Lipinski definition) is 4. The summed E-state index contributed by atoms with van der Waals surface area (Å²) in [5, 5.41) is 0. The van der Waals surface area contributed by atoms with Crippen LogP contribution < -0.4 is 9.62 Å². The Bertz CT molecular complexity index is 894. The topological polar surface area (TPSA) is 79.6 Å². The number of carbonyl (C=O) groups excluding carboxylic acids is 1. The third kappa shape index (κ3) is 5.33. The molecule has 0 atom stereocenters. The van der Waals surface area contributed by atoms with Gasteiger partial charge in [-0.05, 0) is 55.3 Å². The Hall–Kier alpha value is -2.38. The van der Waals surface area contributed by atoms with Crippen molar-refractivity contribution in [3.63, 3.8) is 0 Å². The predicted octanol–water partition coefficient (Wildman–Crippen LogP) is 3.96. The number of amides is 1. The first-order chi connectivity index (χ1) is 13.5. The van der Waals surface area contributed by atoms with E-state index in [2.05, 4.69) is 4.72 Å². The number of anilines is 1. The molecule has 0 spiro atoms. The average molecular weight is 403 g/mol.